The number of carbonyl (C=O) groups excluding carboxylic acids is 3. The van der Waals surface area contributed by atoms with Crippen molar-refractivity contribution in [3.05, 3.63) is 23.8 Å². The number of ether oxygens (including phenoxy) is 2. The maximum absolute atomic E-state index is 13.1. The molecule has 2 aliphatic heterocycles. The SMILES string of the molecule is COc1ccc(C2CCCN2C(=O)CN2C(=O)NC3(CCCCC3)C2=O)cc1OC. The number of methoxy groups -OCH3 is 2. The molecule has 4 amide bonds. The highest BCUT2D eigenvalue weighted by Crippen LogP contribution is 2.38. The molecule has 0 aromatic heterocycles. The average Bonchev–Trinajstić information content (AvgIpc) is 3.34. The zero-order chi connectivity index (χ0) is 21.3. The number of carbonyl (C=O) groups is 3. The van der Waals surface area contributed by atoms with Crippen molar-refractivity contribution < 1.29 is 23.9 Å². The first-order chi connectivity index (χ1) is 14.5. The molecule has 162 valence electrons. The number of nitrogens with zero attached hydrogens (tertiary/aromatic N) is 2. The molecule has 1 atom stereocenters. The second kappa shape index (κ2) is 8.16. The summed E-state index contributed by atoms with van der Waals surface area (Å²) in [6.07, 6.45) is 5.91. The van der Waals surface area contributed by atoms with Crippen LogP contribution < -0.4 is 14.8 Å². The summed E-state index contributed by atoms with van der Waals surface area (Å²) in [5.41, 5.74) is 0.156. The van der Waals surface area contributed by atoms with E-state index in [4.69, 9.17) is 9.47 Å². The van der Waals surface area contributed by atoms with E-state index in [1.54, 1.807) is 19.1 Å². The van der Waals surface area contributed by atoms with E-state index in [0.29, 0.717) is 30.9 Å². The van der Waals surface area contributed by atoms with Gasteiger partial charge >= 0.3 is 6.03 Å². The topological polar surface area (TPSA) is 88.2 Å². The summed E-state index contributed by atoms with van der Waals surface area (Å²) < 4.78 is 10.7. The molecule has 2 saturated heterocycles. The van der Waals surface area contributed by atoms with Crippen LogP contribution in [0.4, 0.5) is 4.79 Å². The third-order valence-electron chi connectivity index (χ3n) is 6.61. The fourth-order valence-corrected chi connectivity index (χ4v) is 5.01. The molecule has 1 spiro atoms. The Kier molecular flexibility index (Phi) is 5.58. The van der Waals surface area contributed by atoms with Crippen molar-refractivity contribution in [3.8, 4) is 11.5 Å². The van der Waals surface area contributed by atoms with Gasteiger partial charge in [0.15, 0.2) is 11.5 Å². The standard InChI is InChI=1S/C22H29N3O5/c1-29-17-9-8-15(13-18(17)30-2)16-7-6-12-24(16)19(26)14-25-20(27)22(23-21(25)28)10-4-3-5-11-22/h8-9,13,16H,3-7,10-12,14H2,1-2H3,(H,23,28). The molecule has 1 unspecified atom stereocenters. The lowest BCUT2D eigenvalue weighted by Crippen LogP contribution is -2.49. The molecule has 4 rings (SSSR count). The average molecular weight is 415 g/mol. The van der Waals surface area contributed by atoms with Gasteiger partial charge < -0.3 is 19.7 Å². The molecule has 1 aliphatic carbocycles. The van der Waals surface area contributed by atoms with Crippen LogP contribution in [0.1, 0.15) is 56.6 Å². The van der Waals surface area contributed by atoms with Crippen molar-refractivity contribution in [3.63, 3.8) is 0 Å². The van der Waals surface area contributed by atoms with Crippen molar-refractivity contribution >= 4 is 17.8 Å². The van der Waals surface area contributed by atoms with E-state index in [0.717, 1.165) is 42.6 Å². The zero-order valence-electron chi connectivity index (χ0n) is 17.6. The second-order valence-electron chi connectivity index (χ2n) is 8.32. The molecule has 30 heavy (non-hydrogen) atoms. The highest BCUT2D eigenvalue weighted by atomic mass is 16.5. The van der Waals surface area contributed by atoms with Crippen LogP contribution in [0.3, 0.4) is 0 Å². The van der Waals surface area contributed by atoms with E-state index < -0.39 is 11.6 Å². The monoisotopic (exact) mass is 415 g/mol. The molecule has 2 heterocycles. The third kappa shape index (κ3) is 3.48. The lowest BCUT2D eigenvalue weighted by molar-refractivity contribution is -0.140. The smallest absolute Gasteiger partial charge is 0.325 e. The van der Waals surface area contributed by atoms with E-state index >= 15 is 0 Å². The number of urea groups is 1. The molecule has 8 heteroatoms. The van der Waals surface area contributed by atoms with Gasteiger partial charge in [0, 0.05) is 6.54 Å². The largest absolute Gasteiger partial charge is 0.493 e. The Morgan fingerprint density at radius 3 is 2.53 bits per heavy atom. The number of benzene rings is 1. The van der Waals surface area contributed by atoms with Gasteiger partial charge in [-0.1, -0.05) is 25.3 Å². The lowest BCUT2D eigenvalue weighted by atomic mass is 9.82. The van der Waals surface area contributed by atoms with Crippen molar-refractivity contribution in [2.24, 2.45) is 0 Å². The number of hydrogen-bond donors (Lipinski definition) is 1. The van der Waals surface area contributed by atoms with Gasteiger partial charge in [-0.15, -0.1) is 0 Å². The Labute approximate surface area is 176 Å². The summed E-state index contributed by atoms with van der Waals surface area (Å²) >= 11 is 0. The maximum Gasteiger partial charge on any atom is 0.325 e. The van der Waals surface area contributed by atoms with Gasteiger partial charge in [-0.3, -0.25) is 14.5 Å². The fraction of sp³-hybridized carbons (Fsp3) is 0.591. The Morgan fingerprint density at radius 1 is 1.10 bits per heavy atom. The molecule has 0 bridgehead atoms. The number of imide groups is 1. The molecule has 3 aliphatic rings. The van der Waals surface area contributed by atoms with Gasteiger partial charge in [-0.25, -0.2) is 4.79 Å². The molecular weight excluding hydrogens is 386 g/mol. The van der Waals surface area contributed by atoms with Crippen molar-refractivity contribution in [2.45, 2.75) is 56.5 Å². The first kappa shape index (κ1) is 20.5. The summed E-state index contributed by atoms with van der Waals surface area (Å²) in [5, 5.41) is 2.87. The van der Waals surface area contributed by atoms with Crippen LogP contribution in [-0.2, 0) is 9.59 Å². The maximum atomic E-state index is 13.1. The molecule has 1 N–H and O–H groups in total. The van der Waals surface area contributed by atoms with Gasteiger partial charge in [0.1, 0.15) is 12.1 Å². The normalized spacial score (nSPS) is 23.1. The minimum atomic E-state index is -0.802. The minimum absolute atomic E-state index is 0.110. The van der Waals surface area contributed by atoms with Crippen LogP contribution in [0.5, 0.6) is 11.5 Å². The van der Waals surface area contributed by atoms with E-state index in [-0.39, 0.29) is 24.4 Å². The van der Waals surface area contributed by atoms with Crippen molar-refractivity contribution in [1.82, 2.24) is 15.1 Å². The summed E-state index contributed by atoms with van der Waals surface area (Å²) in [5.74, 6) is 0.794. The fourth-order valence-electron chi connectivity index (χ4n) is 5.01. The van der Waals surface area contributed by atoms with Gasteiger partial charge in [0.2, 0.25) is 5.91 Å². The quantitative estimate of drug-likeness (QED) is 0.747. The van der Waals surface area contributed by atoms with Gasteiger partial charge in [-0.05, 0) is 43.4 Å². The number of likely N-dealkylation sites (tertiary alicyclic amines) is 1. The molecule has 1 aromatic rings. The summed E-state index contributed by atoms with van der Waals surface area (Å²) in [4.78, 5) is 41.5. The molecule has 1 saturated carbocycles. The predicted molar refractivity (Wildman–Crippen MR) is 109 cm³/mol. The van der Waals surface area contributed by atoms with Crippen LogP contribution in [-0.4, -0.2) is 60.5 Å². The minimum Gasteiger partial charge on any atom is -0.493 e. The Balaban J connectivity index is 1.49. The molecule has 3 fully saturated rings. The highest BCUT2D eigenvalue weighted by Gasteiger charge is 2.52. The number of hydrogen-bond acceptors (Lipinski definition) is 5. The zero-order valence-corrected chi connectivity index (χ0v) is 17.6. The van der Waals surface area contributed by atoms with E-state index in [2.05, 4.69) is 5.32 Å². The summed E-state index contributed by atoms with van der Waals surface area (Å²) in [7, 11) is 3.16. The van der Waals surface area contributed by atoms with Crippen molar-refractivity contribution in [2.75, 3.05) is 27.3 Å². The van der Waals surface area contributed by atoms with Gasteiger partial charge in [0.05, 0.1) is 20.3 Å². The Hall–Kier alpha value is -2.77. The third-order valence-corrected chi connectivity index (χ3v) is 6.61. The first-order valence-electron chi connectivity index (χ1n) is 10.6. The van der Waals surface area contributed by atoms with Crippen LogP contribution in [0, 0.1) is 0 Å². The van der Waals surface area contributed by atoms with Crippen molar-refractivity contribution in [1.29, 1.82) is 0 Å². The molecule has 1 aromatic carbocycles. The molecule has 0 radical (unpaired) electrons. The van der Waals surface area contributed by atoms with E-state index in [1.165, 1.54) is 0 Å². The Morgan fingerprint density at radius 2 is 1.83 bits per heavy atom. The first-order valence-corrected chi connectivity index (χ1v) is 10.6. The Bertz CT molecular complexity index is 849. The summed E-state index contributed by atoms with van der Waals surface area (Å²) in [6.45, 7) is 0.392. The van der Waals surface area contributed by atoms with Crippen LogP contribution in [0.2, 0.25) is 0 Å². The second-order valence-corrected chi connectivity index (χ2v) is 8.32. The highest BCUT2D eigenvalue weighted by molar-refractivity contribution is 6.09. The van der Waals surface area contributed by atoms with Crippen LogP contribution >= 0.6 is 0 Å². The van der Waals surface area contributed by atoms with E-state index in [9.17, 15) is 14.4 Å². The molecule has 8 nitrogen and oxygen atoms in total. The predicted octanol–water partition coefficient (Wildman–Crippen LogP) is 2.62. The number of amides is 4. The van der Waals surface area contributed by atoms with Crippen LogP contribution in [0.15, 0.2) is 18.2 Å². The number of rotatable bonds is 5. The number of nitrogens with one attached hydrogen (secondary N) is 1. The molecular formula is C22H29N3O5. The lowest BCUT2D eigenvalue weighted by Gasteiger charge is -2.31. The van der Waals surface area contributed by atoms with Crippen LogP contribution in [0.25, 0.3) is 0 Å². The van der Waals surface area contributed by atoms with Gasteiger partial charge in [0.25, 0.3) is 5.91 Å². The summed E-state index contributed by atoms with van der Waals surface area (Å²) in [6, 6.07) is 5.10. The van der Waals surface area contributed by atoms with Gasteiger partial charge in [-0.2, -0.15) is 0 Å². The van der Waals surface area contributed by atoms with E-state index in [1.807, 2.05) is 18.2 Å².